The Kier molecular flexibility index (Phi) is 2.78. The third-order valence-corrected chi connectivity index (χ3v) is 2.20. The Hall–Kier alpha value is -1.37. The van der Waals surface area contributed by atoms with E-state index >= 15 is 0 Å². The molecular formula is C11H11NO2. The van der Waals surface area contributed by atoms with E-state index in [2.05, 4.69) is 6.07 Å². The molecule has 1 aromatic rings. The third-order valence-electron chi connectivity index (χ3n) is 2.20. The molecule has 0 atom stereocenters. The van der Waals surface area contributed by atoms with Gasteiger partial charge in [0.25, 0.3) is 0 Å². The lowest BCUT2D eigenvalue weighted by molar-refractivity contribution is -0.0446. The second-order valence-corrected chi connectivity index (χ2v) is 3.11. The first-order valence-electron chi connectivity index (χ1n) is 4.60. The predicted octanol–water partition coefficient (Wildman–Crippen LogP) is 1.80. The fourth-order valence-corrected chi connectivity index (χ4v) is 1.55. The maximum atomic E-state index is 8.66. The summed E-state index contributed by atoms with van der Waals surface area (Å²) in [5, 5.41) is 8.66. The summed E-state index contributed by atoms with van der Waals surface area (Å²) in [5.41, 5.74) is 1.97. The molecule has 3 heteroatoms. The normalized spacial score (nSPS) is 16.8. The van der Waals surface area contributed by atoms with Crippen molar-refractivity contribution in [3.8, 4) is 6.07 Å². The molecule has 0 bridgehead atoms. The van der Waals surface area contributed by atoms with Crippen LogP contribution in [0.25, 0.3) is 0 Å². The predicted molar refractivity (Wildman–Crippen MR) is 50.4 cm³/mol. The average molecular weight is 190 g/mol. The number of nitriles is 1. The Morgan fingerprint density at radius 3 is 2.71 bits per heavy atom. The minimum atomic E-state index is -0.278. The summed E-state index contributed by atoms with van der Waals surface area (Å²) in [6, 6.07) is 9.87. The van der Waals surface area contributed by atoms with Crippen LogP contribution in [0, 0.1) is 11.3 Å². The largest absolute Gasteiger partial charge is 0.346 e. The van der Waals surface area contributed by atoms with Gasteiger partial charge in [0.2, 0.25) is 0 Å². The van der Waals surface area contributed by atoms with Gasteiger partial charge in [0.05, 0.1) is 25.7 Å². The molecule has 1 aliphatic rings. The first-order chi connectivity index (χ1) is 6.92. The van der Waals surface area contributed by atoms with Crippen molar-refractivity contribution in [1.82, 2.24) is 0 Å². The number of hydrogen-bond donors (Lipinski definition) is 0. The van der Waals surface area contributed by atoms with Crippen LogP contribution in [0.3, 0.4) is 0 Å². The van der Waals surface area contributed by atoms with Crippen LogP contribution in [0.4, 0.5) is 0 Å². The van der Waals surface area contributed by atoms with Crippen LogP contribution >= 0.6 is 0 Å². The standard InChI is InChI=1S/C11H11NO2/c12-6-5-9-3-1-2-4-10(9)11-13-7-8-14-11/h1-4,11H,5,7-8H2/i6+1. The van der Waals surface area contributed by atoms with Crippen LogP contribution in [0.1, 0.15) is 17.4 Å². The fourth-order valence-electron chi connectivity index (χ4n) is 1.55. The summed E-state index contributed by atoms with van der Waals surface area (Å²) < 4.78 is 10.8. The van der Waals surface area contributed by atoms with E-state index in [-0.39, 0.29) is 6.29 Å². The van der Waals surface area contributed by atoms with Crippen molar-refractivity contribution in [2.75, 3.05) is 13.2 Å². The van der Waals surface area contributed by atoms with Crippen molar-refractivity contribution in [1.29, 1.82) is 5.26 Å². The quantitative estimate of drug-likeness (QED) is 0.668. The molecule has 1 saturated heterocycles. The Morgan fingerprint density at radius 2 is 2.00 bits per heavy atom. The first-order valence-corrected chi connectivity index (χ1v) is 4.60. The topological polar surface area (TPSA) is 42.2 Å². The molecule has 1 aromatic carbocycles. The van der Waals surface area contributed by atoms with Crippen LogP contribution < -0.4 is 0 Å². The summed E-state index contributed by atoms with van der Waals surface area (Å²) in [4.78, 5) is 0. The highest BCUT2D eigenvalue weighted by Crippen LogP contribution is 2.26. The van der Waals surface area contributed by atoms with Gasteiger partial charge in [0, 0.05) is 5.56 Å². The van der Waals surface area contributed by atoms with Crippen LogP contribution in [-0.2, 0) is 15.9 Å². The lowest BCUT2D eigenvalue weighted by Gasteiger charge is -2.12. The van der Waals surface area contributed by atoms with Crippen molar-refractivity contribution in [2.45, 2.75) is 12.7 Å². The van der Waals surface area contributed by atoms with E-state index in [1.165, 1.54) is 0 Å². The number of benzene rings is 1. The summed E-state index contributed by atoms with van der Waals surface area (Å²) in [6.45, 7) is 1.26. The van der Waals surface area contributed by atoms with Gasteiger partial charge < -0.3 is 9.47 Å². The van der Waals surface area contributed by atoms with E-state index in [0.29, 0.717) is 19.6 Å². The second-order valence-electron chi connectivity index (χ2n) is 3.11. The molecule has 0 saturated carbocycles. The molecule has 3 nitrogen and oxygen atoms in total. The Labute approximate surface area is 82.9 Å². The van der Waals surface area contributed by atoms with Gasteiger partial charge in [-0.1, -0.05) is 24.3 Å². The zero-order valence-corrected chi connectivity index (χ0v) is 7.77. The zero-order chi connectivity index (χ0) is 9.80. The summed E-state index contributed by atoms with van der Waals surface area (Å²) in [5.74, 6) is 0. The summed E-state index contributed by atoms with van der Waals surface area (Å²) in [7, 11) is 0. The molecule has 1 fully saturated rings. The van der Waals surface area contributed by atoms with E-state index in [0.717, 1.165) is 11.1 Å². The van der Waals surface area contributed by atoms with Gasteiger partial charge in [-0.3, -0.25) is 0 Å². The van der Waals surface area contributed by atoms with Gasteiger partial charge in [-0.25, -0.2) is 0 Å². The Bertz CT molecular complexity index is 351. The van der Waals surface area contributed by atoms with E-state index in [1.54, 1.807) is 0 Å². The van der Waals surface area contributed by atoms with Crippen molar-refractivity contribution >= 4 is 0 Å². The molecule has 0 amide bonds. The highest BCUT2D eigenvalue weighted by atomic mass is 16.7. The molecular weight excluding hydrogens is 179 g/mol. The third kappa shape index (κ3) is 1.77. The van der Waals surface area contributed by atoms with Crippen LogP contribution in [0.2, 0.25) is 0 Å². The van der Waals surface area contributed by atoms with E-state index in [1.807, 2.05) is 24.3 Å². The number of rotatable bonds is 2. The molecule has 0 aromatic heterocycles. The van der Waals surface area contributed by atoms with E-state index < -0.39 is 0 Å². The molecule has 0 radical (unpaired) electrons. The Morgan fingerprint density at radius 1 is 1.29 bits per heavy atom. The summed E-state index contributed by atoms with van der Waals surface area (Å²) in [6.07, 6.45) is 0.124. The maximum Gasteiger partial charge on any atom is 0.184 e. The number of nitrogens with zero attached hydrogens (tertiary/aromatic N) is 1. The monoisotopic (exact) mass is 190 g/mol. The first kappa shape index (κ1) is 9.20. The molecule has 0 unspecified atom stereocenters. The van der Waals surface area contributed by atoms with E-state index in [9.17, 15) is 0 Å². The molecule has 14 heavy (non-hydrogen) atoms. The van der Waals surface area contributed by atoms with Crippen LogP contribution in [0.15, 0.2) is 24.3 Å². The molecule has 1 aliphatic heterocycles. The van der Waals surface area contributed by atoms with E-state index in [4.69, 9.17) is 14.7 Å². The van der Waals surface area contributed by atoms with Gasteiger partial charge >= 0.3 is 0 Å². The molecule has 0 aliphatic carbocycles. The molecule has 0 spiro atoms. The minimum Gasteiger partial charge on any atom is -0.346 e. The molecule has 2 rings (SSSR count). The maximum absolute atomic E-state index is 8.66. The minimum absolute atomic E-state index is 0.278. The highest BCUT2D eigenvalue weighted by Gasteiger charge is 2.20. The van der Waals surface area contributed by atoms with Crippen molar-refractivity contribution in [3.63, 3.8) is 0 Å². The van der Waals surface area contributed by atoms with Crippen LogP contribution in [0.5, 0.6) is 0 Å². The molecule has 0 N–H and O–H groups in total. The van der Waals surface area contributed by atoms with Crippen molar-refractivity contribution < 1.29 is 9.47 Å². The molecule has 72 valence electrons. The number of ether oxygens (including phenoxy) is 2. The van der Waals surface area contributed by atoms with Crippen LogP contribution in [-0.4, -0.2) is 13.2 Å². The van der Waals surface area contributed by atoms with Crippen molar-refractivity contribution in [2.24, 2.45) is 0 Å². The van der Waals surface area contributed by atoms with Gasteiger partial charge in [0.15, 0.2) is 6.29 Å². The van der Waals surface area contributed by atoms with Gasteiger partial charge in [-0.15, -0.1) is 0 Å². The number of hydrogen-bond acceptors (Lipinski definition) is 3. The smallest absolute Gasteiger partial charge is 0.184 e. The summed E-state index contributed by atoms with van der Waals surface area (Å²) >= 11 is 0. The van der Waals surface area contributed by atoms with Crippen molar-refractivity contribution in [3.05, 3.63) is 35.4 Å². The van der Waals surface area contributed by atoms with Gasteiger partial charge in [-0.05, 0) is 5.56 Å². The second kappa shape index (κ2) is 4.23. The molecule has 1 heterocycles. The highest BCUT2D eigenvalue weighted by molar-refractivity contribution is 5.30. The lowest BCUT2D eigenvalue weighted by atomic mass is 10.1. The zero-order valence-electron chi connectivity index (χ0n) is 7.77. The fraction of sp³-hybridized carbons (Fsp3) is 0.364. The average Bonchev–Trinajstić information content (AvgIpc) is 2.72. The SMILES string of the molecule is N#[13C]Cc1ccccc1C1OCCO1. The van der Waals surface area contributed by atoms with Gasteiger partial charge in [-0.2, -0.15) is 5.26 Å². The lowest BCUT2D eigenvalue weighted by Crippen LogP contribution is -2.02. The van der Waals surface area contributed by atoms with Gasteiger partial charge in [0.1, 0.15) is 0 Å². The Balaban J connectivity index is 2.26.